The Balaban J connectivity index is 1.95. The van der Waals surface area contributed by atoms with Crippen LogP contribution in [0.15, 0.2) is 17.1 Å². The Kier molecular flexibility index (Phi) is 5.19. The molecule has 1 aliphatic rings. The first-order chi connectivity index (χ1) is 9.06. The monoisotopic (exact) mass is 314 g/mol. The molecule has 0 unspecified atom stereocenters. The minimum Gasteiger partial charge on any atom is -0.324 e. The van der Waals surface area contributed by atoms with E-state index < -0.39 is 0 Å². The molecule has 1 N–H and O–H groups in total. The van der Waals surface area contributed by atoms with Crippen LogP contribution >= 0.6 is 35.1 Å². The Morgan fingerprint density at radius 3 is 2.95 bits per heavy atom. The highest BCUT2D eigenvalue weighted by Gasteiger charge is 2.13. The summed E-state index contributed by atoms with van der Waals surface area (Å²) in [6.07, 6.45) is 0. The van der Waals surface area contributed by atoms with Crippen molar-refractivity contribution in [3.8, 4) is 0 Å². The van der Waals surface area contributed by atoms with E-state index in [4.69, 9.17) is 11.6 Å². The number of carbonyl (C=O) groups is 1. The maximum atomic E-state index is 11.9. The minimum absolute atomic E-state index is 0.0472. The van der Waals surface area contributed by atoms with Gasteiger partial charge in [-0.05, 0) is 31.0 Å². The van der Waals surface area contributed by atoms with Crippen LogP contribution in [0.4, 0.5) is 5.69 Å². The highest BCUT2D eigenvalue weighted by Crippen LogP contribution is 2.28. The van der Waals surface area contributed by atoms with Gasteiger partial charge in [0.25, 0.3) is 0 Å². The molecule has 1 aromatic carbocycles. The third-order valence-corrected chi connectivity index (χ3v) is 5.13. The van der Waals surface area contributed by atoms with Crippen molar-refractivity contribution in [1.29, 1.82) is 0 Å². The summed E-state index contributed by atoms with van der Waals surface area (Å²) < 4.78 is 1.00. The predicted octanol–water partition coefficient (Wildman–Crippen LogP) is 3.73. The molecule has 19 heavy (non-hydrogen) atoms. The van der Waals surface area contributed by atoms with Crippen molar-refractivity contribution in [2.45, 2.75) is 13.8 Å². The lowest BCUT2D eigenvalue weighted by molar-refractivity contribution is -0.113. The third kappa shape index (κ3) is 4.16. The Hall–Kier alpha value is -0.650. The number of hydrogen-bond acceptors (Lipinski definition) is 4. The quantitative estimate of drug-likeness (QED) is 0.924. The molecule has 0 spiro atoms. The van der Waals surface area contributed by atoms with E-state index in [1.807, 2.05) is 26.0 Å². The SMILES string of the molecule is Cc1cc(C)c(NC(=O)CSC2=NCCS2)c(Cl)c1. The summed E-state index contributed by atoms with van der Waals surface area (Å²) in [6.45, 7) is 4.78. The number of rotatable bonds is 3. The van der Waals surface area contributed by atoms with Crippen LogP contribution in [0.3, 0.4) is 0 Å². The molecule has 0 aromatic heterocycles. The largest absolute Gasteiger partial charge is 0.324 e. The van der Waals surface area contributed by atoms with Crippen LogP contribution in [0.25, 0.3) is 0 Å². The summed E-state index contributed by atoms with van der Waals surface area (Å²) in [6, 6.07) is 3.86. The maximum Gasteiger partial charge on any atom is 0.234 e. The van der Waals surface area contributed by atoms with Crippen LogP contribution in [0.5, 0.6) is 0 Å². The number of carbonyl (C=O) groups excluding carboxylic acids is 1. The minimum atomic E-state index is -0.0472. The zero-order valence-electron chi connectivity index (χ0n) is 10.8. The molecule has 0 fully saturated rings. The number of aliphatic imine (C=N–C) groups is 1. The second-order valence-corrected chi connectivity index (χ2v) is 6.98. The number of benzene rings is 1. The number of thioether (sulfide) groups is 2. The molecule has 2 rings (SSSR count). The van der Waals surface area contributed by atoms with Gasteiger partial charge in [0.15, 0.2) is 0 Å². The van der Waals surface area contributed by atoms with E-state index in [0.717, 1.165) is 27.8 Å². The van der Waals surface area contributed by atoms with Gasteiger partial charge >= 0.3 is 0 Å². The van der Waals surface area contributed by atoms with Crippen LogP contribution in [0.1, 0.15) is 11.1 Å². The average molecular weight is 315 g/mol. The molecule has 102 valence electrons. The van der Waals surface area contributed by atoms with Crippen molar-refractivity contribution in [1.82, 2.24) is 0 Å². The predicted molar refractivity (Wildman–Crippen MR) is 86.8 cm³/mol. The summed E-state index contributed by atoms with van der Waals surface area (Å²) >= 11 is 9.35. The van der Waals surface area contributed by atoms with E-state index in [9.17, 15) is 4.79 Å². The lowest BCUT2D eigenvalue weighted by atomic mass is 10.1. The van der Waals surface area contributed by atoms with Gasteiger partial charge in [-0.15, -0.1) is 0 Å². The maximum absolute atomic E-state index is 11.9. The van der Waals surface area contributed by atoms with Crippen molar-refractivity contribution in [2.75, 3.05) is 23.4 Å². The highest BCUT2D eigenvalue weighted by atomic mass is 35.5. The molecule has 0 saturated carbocycles. The topological polar surface area (TPSA) is 41.5 Å². The lowest BCUT2D eigenvalue weighted by Crippen LogP contribution is -2.16. The molecule has 0 atom stereocenters. The number of nitrogens with one attached hydrogen (secondary N) is 1. The van der Waals surface area contributed by atoms with Gasteiger partial charge in [-0.2, -0.15) is 0 Å². The Morgan fingerprint density at radius 2 is 2.32 bits per heavy atom. The zero-order valence-corrected chi connectivity index (χ0v) is 13.2. The Bertz CT molecular complexity index is 508. The van der Waals surface area contributed by atoms with Crippen LogP contribution < -0.4 is 5.32 Å². The summed E-state index contributed by atoms with van der Waals surface area (Å²) in [5, 5.41) is 3.46. The average Bonchev–Trinajstić information content (AvgIpc) is 2.84. The first-order valence-corrected chi connectivity index (χ1v) is 8.28. The molecule has 1 heterocycles. The molecule has 3 nitrogen and oxygen atoms in total. The normalized spacial score (nSPS) is 14.4. The van der Waals surface area contributed by atoms with Gasteiger partial charge in [-0.25, -0.2) is 0 Å². The van der Waals surface area contributed by atoms with Gasteiger partial charge in [0.1, 0.15) is 4.38 Å². The van der Waals surface area contributed by atoms with Crippen molar-refractivity contribution < 1.29 is 4.79 Å². The van der Waals surface area contributed by atoms with E-state index in [1.54, 1.807) is 11.8 Å². The Labute approximate surface area is 126 Å². The number of hydrogen-bond donors (Lipinski definition) is 1. The molecule has 0 aliphatic carbocycles. The number of halogens is 1. The first-order valence-electron chi connectivity index (χ1n) is 5.93. The van der Waals surface area contributed by atoms with Gasteiger partial charge in [0.05, 0.1) is 23.0 Å². The van der Waals surface area contributed by atoms with Crippen LogP contribution in [-0.2, 0) is 4.79 Å². The summed E-state index contributed by atoms with van der Waals surface area (Å²) in [7, 11) is 0. The fraction of sp³-hybridized carbons (Fsp3) is 0.385. The van der Waals surface area contributed by atoms with E-state index in [1.165, 1.54) is 11.8 Å². The molecular weight excluding hydrogens is 300 g/mol. The molecule has 0 saturated heterocycles. The highest BCUT2D eigenvalue weighted by molar-refractivity contribution is 8.39. The van der Waals surface area contributed by atoms with Gasteiger partial charge in [-0.3, -0.25) is 9.79 Å². The van der Waals surface area contributed by atoms with Crippen molar-refractivity contribution in [3.05, 3.63) is 28.3 Å². The van der Waals surface area contributed by atoms with E-state index >= 15 is 0 Å². The summed E-state index contributed by atoms with van der Waals surface area (Å²) in [4.78, 5) is 16.2. The van der Waals surface area contributed by atoms with Crippen LogP contribution in [-0.4, -0.2) is 28.3 Å². The van der Waals surface area contributed by atoms with Gasteiger partial charge < -0.3 is 5.32 Å². The molecule has 6 heteroatoms. The molecule has 0 bridgehead atoms. The van der Waals surface area contributed by atoms with Gasteiger partial charge in [0, 0.05) is 5.75 Å². The van der Waals surface area contributed by atoms with E-state index in [0.29, 0.717) is 16.5 Å². The van der Waals surface area contributed by atoms with Crippen LogP contribution in [0.2, 0.25) is 5.02 Å². The van der Waals surface area contributed by atoms with Crippen molar-refractivity contribution in [3.63, 3.8) is 0 Å². The molecule has 1 aromatic rings. The second-order valence-electron chi connectivity index (χ2n) is 4.27. The first kappa shape index (κ1) is 14.8. The smallest absolute Gasteiger partial charge is 0.234 e. The Morgan fingerprint density at radius 1 is 1.53 bits per heavy atom. The third-order valence-electron chi connectivity index (χ3n) is 2.58. The fourth-order valence-electron chi connectivity index (χ4n) is 1.78. The molecular formula is C13H15ClN2OS2. The van der Waals surface area contributed by atoms with Gasteiger partial charge in [0.2, 0.25) is 5.91 Å². The van der Waals surface area contributed by atoms with Crippen molar-refractivity contribution >= 4 is 51.1 Å². The van der Waals surface area contributed by atoms with Gasteiger partial charge in [-0.1, -0.05) is 41.2 Å². The van der Waals surface area contributed by atoms with E-state index in [-0.39, 0.29) is 5.91 Å². The number of aryl methyl sites for hydroxylation is 2. The molecule has 1 aliphatic heterocycles. The van der Waals surface area contributed by atoms with Crippen molar-refractivity contribution in [2.24, 2.45) is 4.99 Å². The van der Waals surface area contributed by atoms with E-state index in [2.05, 4.69) is 10.3 Å². The number of amides is 1. The fourth-order valence-corrected chi connectivity index (χ4v) is 3.96. The standard InChI is InChI=1S/C13H15ClN2OS2/c1-8-5-9(2)12(10(14)6-8)16-11(17)7-19-13-15-3-4-18-13/h5-6H,3-4,7H2,1-2H3,(H,16,17). The summed E-state index contributed by atoms with van der Waals surface area (Å²) in [5.74, 6) is 1.34. The number of anilines is 1. The zero-order chi connectivity index (χ0) is 13.8. The number of nitrogens with zero attached hydrogens (tertiary/aromatic N) is 1. The lowest BCUT2D eigenvalue weighted by Gasteiger charge is -2.11. The van der Waals surface area contributed by atoms with Crippen LogP contribution in [0, 0.1) is 13.8 Å². The second kappa shape index (κ2) is 6.68. The summed E-state index contributed by atoms with van der Waals surface area (Å²) in [5.41, 5.74) is 2.78. The molecule has 0 radical (unpaired) electrons. The molecule has 1 amide bonds.